The molecule has 2 rings (SSSR count). The minimum absolute atomic E-state index is 0.0632. The lowest BCUT2D eigenvalue weighted by Gasteiger charge is -2.37. The van der Waals surface area contributed by atoms with E-state index in [9.17, 15) is 4.79 Å². The Bertz CT molecular complexity index is 376. The standard InChI is InChI=1S/C13H22N4O/c1-3-6-14-11-5-8-17(9-10(11)2)13(18)12-4-7-15-16-12/h4,7,10-11,14H,3,5-6,8-9H2,1-2H3,(H,15,16). The Kier molecular flexibility index (Phi) is 4.36. The monoisotopic (exact) mass is 250 g/mol. The summed E-state index contributed by atoms with van der Waals surface area (Å²) >= 11 is 0. The molecule has 0 aromatic carbocycles. The molecule has 1 aromatic heterocycles. The van der Waals surface area contributed by atoms with Crippen LogP contribution in [0.2, 0.25) is 0 Å². The number of nitrogens with one attached hydrogen (secondary N) is 2. The van der Waals surface area contributed by atoms with E-state index in [1.807, 2.05) is 4.90 Å². The van der Waals surface area contributed by atoms with Crippen molar-refractivity contribution in [1.29, 1.82) is 0 Å². The van der Waals surface area contributed by atoms with Crippen molar-refractivity contribution in [2.75, 3.05) is 19.6 Å². The van der Waals surface area contributed by atoms with Gasteiger partial charge in [-0.25, -0.2) is 0 Å². The van der Waals surface area contributed by atoms with Crippen LogP contribution < -0.4 is 5.32 Å². The van der Waals surface area contributed by atoms with Crippen LogP contribution in [0, 0.1) is 5.92 Å². The number of nitrogens with zero attached hydrogens (tertiary/aromatic N) is 2. The van der Waals surface area contributed by atoms with Crippen LogP contribution in [0.15, 0.2) is 12.3 Å². The van der Waals surface area contributed by atoms with E-state index in [1.165, 1.54) is 0 Å². The number of aromatic amines is 1. The molecule has 0 aliphatic carbocycles. The van der Waals surface area contributed by atoms with Gasteiger partial charge in [0.25, 0.3) is 5.91 Å². The first-order chi connectivity index (χ1) is 8.72. The molecule has 0 spiro atoms. The van der Waals surface area contributed by atoms with E-state index in [0.717, 1.165) is 32.5 Å². The second-order valence-corrected chi connectivity index (χ2v) is 5.05. The second kappa shape index (κ2) is 6.00. The fourth-order valence-corrected chi connectivity index (χ4v) is 2.51. The lowest BCUT2D eigenvalue weighted by Crippen LogP contribution is -2.50. The molecule has 5 heteroatoms. The van der Waals surface area contributed by atoms with Crippen LogP contribution in [0.4, 0.5) is 0 Å². The summed E-state index contributed by atoms with van der Waals surface area (Å²) in [5, 5.41) is 10.1. The highest BCUT2D eigenvalue weighted by Crippen LogP contribution is 2.18. The number of likely N-dealkylation sites (tertiary alicyclic amines) is 1. The maximum Gasteiger partial charge on any atom is 0.271 e. The van der Waals surface area contributed by atoms with Gasteiger partial charge in [0.1, 0.15) is 5.69 Å². The summed E-state index contributed by atoms with van der Waals surface area (Å²) in [6, 6.07) is 2.27. The fourth-order valence-electron chi connectivity index (χ4n) is 2.51. The Morgan fingerprint density at radius 1 is 1.67 bits per heavy atom. The Labute approximate surface area is 108 Å². The number of rotatable bonds is 4. The number of piperidine rings is 1. The van der Waals surface area contributed by atoms with Crippen LogP contribution in [0.5, 0.6) is 0 Å². The average Bonchev–Trinajstić information content (AvgIpc) is 2.90. The largest absolute Gasteiger partial charge is 0.337 e. The van der Waals surface area contributed by atoms with E-state index in [2.05, 4.69) is 29.4 Å². The van der Waals surface area contributed by atoms with Gasteiger partial charge in [-0.15, -0.1) is 0 Å². The highest BCUT2D eigenvalue weighted by molar-refractivity contribution is 5.92. The number of H-pyrrole nitrogens is 1. The number of aromatic nitrogens is 2. The molecule has 1 amide bonds. The van der Waals surface area contributed by atoms with Crippen LogP contribution in [-0.4, -0.2) is 46.7 Å². The molecule has 0 radical (unpaired) electrons. The molecule has 1 aromatic rings. The van der Waals surface area contributed by atoms with Gasteiger partial charge in [0, 0.05) is 25.3 Å². The first-order valence-electron chi connectivity index (χ1n) is 6.74. The van der Waals surface area contributed by atoms with E-state index in [-0.39, 0.29) is 5.91 Å². The quantitative estimate of drug-likeness (QED) is 0.845. The molecule has 100 valence electrons. The van der Waals surface area contributed by atoms with Crippen molar-refractivity contribution in [3.63, 3.8) is 0 Å². The normalized spacial score (nSPS) is 24.2. The van der Waals surface area contributed by atoms with Crippen molar-refractivity contribution in [3.05, 3.63) is 18.0 Å². The SMILES string of the molecule is CCCNC1CCN(C(=O)c2ccn[nH]2)CC1C. The van der Waals surface area contributed by atoms with E-state index in [1.54, 1.807) is 12.3 Å². The highest BCUT2D eigenvalue weighted by atomic mass is 16.2. The van der Waals surface area contributed by atoms with Crippen LogP contribution in [0.25, 0.3) is 0 Å². The molecule has 2 heterocycles. The first kappa shape index (κ1) is 13.1. The predicted octanol–water partition coefficient (Wildman–Crippen LogP) is 1.26. The summed E-state index contributed by atoms with van der Waals surface area (Å²) in [5.74, 6) is 0.561. The van der Waals surface area contributed by atoms with Gasteiger partial charge in [0.05, 0.1) is 0 Å². The molecule has 0 bridgehead atoms. The Morgan fingerprint density at radius 3 is 3.11 bits per heavy atom. The van der Waals surface area contributed by atoms with Crippen molar-refractivity contribution >= 4 is 5.91 Å². The predicted molar refractivity (Wildman–Crippen MR) is 70.4 cm³/mol. The van der Waals surface area contributed by atoms with Crippen LogP contribution in [0.1, 0.15) is 37.2 Å². The number of carbonyl (C=O) groups excluding carboxylic acids is 1. The molecule has 1 saturated heterocycles. The Balaban J connectivity index is 1.90. The topological polar surface area (TPSA) is 61.0 Å². The molecule has 1 aliphatic heterocycles. The molecular weight excluding hydrogens is 228 g/mol. The van der Waals surface area contributed by atoms with E-state index >= 15 is 0 Å². The minimum Gasteiger partial charge on any atom is -0.337 e. The third kappa shape index (κ3) is 2.90. The van der Waals surface area contributed by atoms with Gasteiger partial charge in [-0.1, -0.05) is 13.8 Å². The summed E-state index contributed by atoms with van der Waals surface area (Å²) in [7, 11) is 0. The zero-order valence-corrected chi connectivity index (χ0v) is 11.1. The maximum atomic E-state index is 12.2. The minimum atomic E-state index is 0.0632. The zero-order chi connectivity index (χ0) is 13.0. The van der Waals surface area contributed by atoms with Crippen molar-refractivity contribution in [2.24, 2.45) is 5.92 Å². The van der Waals surface area contributed by atoms with Gasteiger partial charge in [-0.05, 0) is 31.4 Å². The summed E-state index contributed by atoms with van der Waals surface area (Å²) < 4.78 is 0. The maximum absolute atomic E-state index is 12.2. The molecule has 2 atom stereocenters. The lowest BCUT2D eigenvalue weighted by atomic mass is 9.93. The van der Waals surface area contributed by atoms with E-state index in [0.29, 0.717) is 17.7 Å². The number of hydrogen-bond acceptors (Lipinski definition) is 3. The van der Waals surface area contributed by atoms with Crippen LogP contribution >= 0.6 is 0 Å². The fraction of sp³-hybridized carbons (Fsp3) is 0.692. The molecule has 1 aliphatic rings. The molecule has 2 unspecified atom stereocenters. The first-order valence-corrected chi connectivity index (χ1v) is 6.74. The summed E-state index contributed by atoms with van der Waals surface area (Å²) in [4.78, 5) is 14.1. The van der Waals surface area contributed by atoms with Gasteiger partial charge in [0.2, 0.25) is 0 Å². The van der Waals surface area contributed by atoms with Gasteiger partial charge in [0.15, 0.2) is 0 Å². The molecule has 1 fully saturated rings. The Morgan fingerprint density at radius 2 is 2.50 bits per heavy atom. The lowest BCUT2D eigenvalue weighted by molar-refractivity contribution is 0.0639. The summed E-state index contributed by atoms with van der Waals surface area (Å²) in [5.41, 5.74) is 0.585. The van der Waals surface area contributed by atoms with Crippen LogP contribution in [-0.2, 0) is 0 Å². The van der Waals surface area contributed by atoms with Crippen molar-refractivity contribution < 1.29 is 4.79 Å². The van der Waals surface area contributed by atoms with Crippen molar-refractivity contribution in [2.45, 2.75) is 32.7 Å². The Hall–Kier alpha value is -1.36. The molecule has 18 heavy (non-hydrogen) atoms. The number of amides is 1. The smallest absolute Gasteiger partial charge is 0.271 e. The van der Waals surface area contributed by atoms with Gasteiger partial charge >= 0.3 is 0 Å². The second-order valence-electron chi connectivity index (χ2n) is 5.05. The molecule has 2 N–H and O–H groups in total. The molecule has 0 saturated carbocycles. The summed E-state index contributed by atoms with van der Waals surface area (Å²) in [6.07, 6.45) is 3.80. The van der Waals surface area contributed by atoms with Gasteiger partial charge in [-0.3, -0.25) is 9.89 Å². The molecule has 5 nitrogen and oxygen atoms in total. The third-order valence-corrected chi connectivity index (χ3v) is 3.58. The van der Waals surface area contributed by atoms with Gasteiger partial charge < -0.3 is 10.2 Å². The summed E-state index contributed by atoms with van der Waals surface area (Å²) in [6.45, 7) is 7.08. The molecular formula is C13H22N4O. The van der Waals surface area contributed by atoms with E-state index in [4.69, 9.17) is 0 Å². The van der Waals surface area contributed by atoms with E-state index < -0.39 is 0 Å². The number of carbonyl (C=O) groups is 1. The average molecular weight is 250 g/mol. The highest BCUT2D eigenvalue weighted by Gasteiger charge is 2.28. The third-order valence-electron chi connectivity index (χ3n) is 3.58. The van der Waals surface area contributed by atoms with Crippen molar-refractivity contribution in [3.8, 4) is 0 Å². The number of hydrogen-bond donors (Lipinski definition) is 2. The van der Waals surface area contributed by atoms with Crippen LogP contribution in [0.3, 0.4) is 0 Å². The zero-order valence-electron chi connectivity index (χ0n) is 11.1. The van der Waals surface area contributed by atoms with Gasteiger partial charge in [-0.2, -0.15) is 5.10 Å². The van der Waals surface area contributed by atoms with Crippen molar-refractivity contribution in [1.82, 2.24) is 20.4 Å².